The van der Waals surface area contributed by atoms with Crippen molar-refractivity contribution in [3.05, 3.63) is 63.3 Å². The molecule has 2 aromatic rings. The summed E-state index contributed by atoms with van der Waals surface area (Å²) in [6, 6.07) is 6.96. The first kappa shape index (κ1) is 20.5. The van der Waals surface area contributed by atoms with E-state index in [4.69, 9.17) is 0 Å². The largest absolute Gasteiger partial charge is 0.351 e. The first-order chi connectivity index (χ1) is 13.9. The summed E-state index contributed by atoms with van der Waals surface area (Å²) in [5, 5.41) is 5.38. The fourth-order valence-corrected chi connectivity index (χ4v) is 3.17. The maximum Gasteiger partial charge on any atom is 0.261 e. The van der Waals surface area contributed by atoms with Gasteiger partial charge in [0.25, 0.3) is 17.4 Å². The molecule has 0 bridgehead atoms. The number of benzene rings is 1. The molecular formula is C21H23FN4O3. The first-order valence-corrected chi connectivity index (χ1v) is 9.49. The van der Waals surface area contributed by atoms with E-state index in [2.05, 4.69) is 20.5 Å². The molecule has 8 heteroatoms. The number of rotatable bonds is 7. The Morgan fingerprint density at radius 3 is 2.62 bits per heavy atom. The van der Waals surface area contributed by atoms with Gasteiger partial charge in [-0.2, -0.15) is 0 Å². The lowest BCUT2D eigenvalue weighted by molar-refractivity contribution is -0.110. The normalized spacial score (nSPS) is 14.2. The molecule has 0 saturated carbocycles. The molecule has 2 heterocycles. The van der Waals surface area contributed by atoms with Gasteiger partial charge in [0.15, 0.2) is 0 Å². The number of nitrogens with one attached hydrogen (secondary N) is 3. The molecule has 0 fully saturated rings. The van der Waals surface area contributed by atoms with Gasteiger partial charge in [-0.15, -0.1) is 0 Å². The number of halogens is 1. The van der Waals surface area contributed by atoms with E-state index in [1.54, 1.807) is 0 Å². The number of H-pyrrole nitrogens is 1. The van der Waals surface area contributed by atoms with Crippen LogP contribution in [0.5, 0.6) is 0 Å². The molecule has 29 heavy (non-hydrogen) atoms. The van der Waals surface area contributed by atoms with Crippen LogP contribution in [-0.4, -0.2) is 47.9 Å². The van der Waals surface area contributed by atoms with Crippen LogP contribution in [0.25, 0.3) is 11.6 Å². The fourth-order valence-electron chi connectivity index (χ4n) is 3.17. The van der Waals surface area contributed by atoms with Gasteiger partial charge in [-0.3, -0.25) is 14.4 Å². The maximum absolute atomic E-state index is 13.5. The van der Waals surface area contributed by atoms with Crippen molar-refractivity contribution in [1.29, 1.82) is 0 Å². The van der Waals surface area contributed by atoms with Crippen molar-refractivity contribution in [3.8, 4) is 0 Å². The highest BCUT2D eigenvalue weighted by Crippen LogP contribution is 2.33. The molecule has 1 aromatic heterocycles. The minimum absolute atomic E-state index is 0.00554. The molecule has 0 atom stereocenters. The van der Waals surface area contributed by atoms with E-state index in [1.165, 1.54) is 36.4 Å². The number of fused-ring (bicyclic) bond motifs is 1. The number of carbonyl (C=O) groups is 2. The number of nitrogens with zero attached hydrogens (tertiary/aromatic N) is 1. The Balaban J connectivity index is 1.76. The van der Waals surface area contributed by atoms with E-state index in [1.807, 2.05) is 13.8 Å². The van der Waals surface area contributed by atoms with Gasteiger partial charge >= 0.3 is 0 Å². The second kappa shape index (κ2) is 8.83. The number of hydrogen-bond acceptors (Lipinski definition) is 4. The molecule has 1 aliphatic rings. The van der Waals surface area contributed by atoms with Crippen molar-refractivity contribution in [3.63, 3.8) is 0 Å². The van der Waals surface area contributed by atoms with Crippen LogP contribution in [0, 0.1) is 5.82 Å². The molecule has 7 nitrogen and oxygen atoms in total. The Hall–Kier alpha value is -3.26. The summed E-state index contributed by atoms with van der Waals surface area (Å²) in [5.74, 6) is -1.30. The average Bonchev–Trinajstić information content (AvgIpc) is 3.00. The van der Waals surface area contributed by atoms with Crippen LogP contribution in [0.4, 0.5) is 10.1 Å². The van der Waals surface area contributed by atoms with Crippen LogP contribution >= 0.6 is 0 Å². The number of hydrogen-bond donors (Lipinski definition) is 3. The zero-order valence-electron chi connectivity index (χ0n) is 16.3. The topological polar surface area (TPSA) is 94.3 Å². The molecule has 0 spiro atoms. The predicted octanol–water partition coefficient (Wildman–Crippen LogP) is 2.08. The van der Waals surface area contributed by atoms with Gasteiger partial charge in [-0.1, -0.05) is 13.8 Å². The van der Waals surface area contributed by atoms with Gasteiger partial charge in [-0.25, -0.2) is 4.39 Å². The number of carbonyl (C=O) groups excluding carboxylic acids is 2. The molecule has 0 unspecified atom stereocenters. The van der Waals surface area contributed by atoms with Crippen molar-refractivity contribution < 1.29 is 14.0 Å². The van der Waals surface area contributed by atoms with E-state index in [0.717, 1.165) is 13.1 Å². The molecule has 1 aromatic carbocycles. The van der Waals surface area contributed by atoms with Crippen LogP contribution in [0.15, 0.2) is 35.1 Å². The Morgan fingerprint density at radius 1 is 1.17 bits per heavy atom. The SMILES string of the molecule is CCN(CC)CCNC(=O)c1ccc(/C=C2\C(=O)Nc3ccc(F)cc32)[nH]c1=O. The molecular weight excluding hydrogens is 375 g/mol. The number of pyridine rings is 1. The van der Waals surface area contributed by atoms with Crippen molar-refractivity contribution in [2.75, 3.05) is 31.5 Å². The van der Waals surface area contributed by atoms with Crippen molar-refractivity contribution in [1.82, 2.24) is 15.2 Å². The summed E-state index contributed by atoms with van der Waals surface area (Å²) < 4.78 is 13.5. The fraction of sp³-hybridized carbons (Fsp3) is 0.286. The highest BCUT2D eigenvalue weighted by atomic mass is 19.1. The van der Waals surface area contributed by atoms with Gasteiger partial charge in [-0.05, 0) is 49.5 Å². The molecule has 2 amide bonds. The Morgan fingerprint density at radius 2 is 1.93 bits per heavy atom. The highest BCUT2D eigenvalue weighted by Gasteiger charge is 2.24. The van der Waals surface area contributed by atoms with E-state index < -0.39 is 17.3 Å². The Bertz CT molecular complexity index is 1020. The minimum Gasteiger partial charge on any atom is -0.351 e. The smallest absolute Gasteiger partial charge is 0.261 e. The lowest BCUT2D eigenvalue weighted by Crippen LogP contribution is -2.36. The average molecular weight is 398 g/mol. The number of aromatic amines is 1. The third-order valence-electron chi connectivity index (χ3n) is 4.85. The summed E-state index contributed by atoms with van der Waals surface area (Å²) in [6.45, 7) is 7.00. The summed E-state index contributed by atoms with van der Waals surface area (Å²) in [5.41, 5.74) is 0.957. The molecule has 152 valence electrons. The molecule has 0 aliphatic carbocycles. The van der Waals surface area contributed by atoms with Crippen LogP contribution in [0.1, 0.15) is 35.5 Å². The second-order valence-corrected chi connectivity index (χ2v) is 6.64. The van der Waals surface area contributed by atoms with Gasteiger partial charge in [0.1, 0.15) is 11.4 Å². The van der Waals surface area contributed by atoms with Gasteiger partial charge in [0, 0.05) is 30.0 Å². The third kappa shape index (κ3) is 4.60. The summed E-state index contributed by atoms with van der Waals surface area (Å²) in [6.07, 6.45) is 1.46. The maximum atomic E-state index is 13.5. The van der Waals surface area contributed by atoms with E-state index in [0.29, 0.717) is 30.0 Å². The lowest BCUT2D eigenvalue weighted by atomic mass is 10.1. The van der Waals surface area contributed by atoms with Crippen molar-refractivity contribution >= 4 is 29.2 Å². The van der Waals surface area contributed by atoms with Crippen molar-refractivity contribution in [2.24, 2.45) is 0 Å². The molecule has 0 radical (unpaired) electrons. The Kier molecular flexibility index (Phi) is 6.23. The number of aromatic nitrogens is 1. The Labute approximate surface area is 167 Å². The molecule has 3 N–H and O–H groups in total. The van der Waals surface area contributed by atoms with Gasteiger partial charge in [0.2, 0.25) is 0 Å². The molecule has 0 saturated heterocycles. The summed E-state index contributed by atoms with van der Waals surface area (Å²) >= 11 is 0. The van der Waals surface area contributed by atoms with Crippen LogP contribution in [0.2, 0.25) is 0 Å². The van der Waals surface area contributed by atoms with E-state index >= 15 is 0 Å². The monoisotopic (exact) mass is 398 g/mol. The third-order valence-corrected chi connectivity index (χ3v) is 4.85. The lowest BCUT2D eigenvalue weighted by Gasteiger charge is -2.17. The zero-order valence-corrected chi connectivity index (χ0v) is 16.3. The van der Waals surface area contributed by atoms with Gasteiger partial charge < -0.3 is 20.5 Å². The van der Waals surface area contributed by atoms with Crippen molar-refractivity contribution in [2.45, 2.75) is 13.8 Å². The first-order valence-electron chi connectivity index (χ1n) is 9.49. The summed E-state index contributed by atoms with van der Waals surface area (Å²) in [4.78, 5) is 41.5. The standard InChI is InChI=1S/C21H23FN4O3/c1-3-26(4-2)10-9-23-19(27)15-7-6-14(24-20(15)28)12-17-16-11-13(22)5-8-18(16)25-21(17)29/h5-8,11-12H,3-4,9-10H2,1-2H3,(H,23,27)(H,24,28)(H,25,29)/b17-12-. The van der Waals surface area contributed by atoms with E-state index in [-0.39, 0.29) is 17.0 Å². The number of likely N-dealkylation sites (N-methyl/N-ethyl adjacent to an activating group) is 1. The van der Waals surface area contributed by atoms with Gasteiger partial charge in [0.05, 0.1) is 5.57 Å². The molecule has 3 rings (SSSR count). The minimum atomic E-state index is -0.558. The van der Waals surface area contributed by atoms with Crippen LogP contribution < -0.4 is 16.2 Å². The predicted molar refractivity (Wildman–Crippen MR) is 110 cm³/mol. The molecule has 1 aliphatic heterocycles. The number of amides is 2. The summed E-state index contributed by atoms with van der Waals surface area (Å²) in [7, 11) is 0. The highest BCUT2D eigenvalue weighted by molar-refractivity contribution is 6.34. The number of anilines is 1. The zero-order chi connectivity index (χ0) is 21.0. The second-order valence-electron chi connectivity index (χ2n) is 6.64. The van der Waals surface area contributed by atoms with Crippen LogP contribution in [0.3, 0.4) is 0 Å². The van der Waals surface area contributed by atoms with Crippen LogP contribution in [-0.2, 0) is 4.79 Å². The van der Waals surface area contributed by atoms with E-state index in [9.17, 15) is 18.8 Å². The quantitative estimate of drug-likeness (QED) is 0.623.